The van der Waals surface area contributed by atoms with Gasteiger partial charge in [0.25, 0.3) is 0 Å². The lowest BCUT2D eigenvalue weighted by atomic mass is 9.63. The van der Waals surface area contributed by atoms with Crippen LogP contribution in [0.2, 0.25) is 0 Å². The summed E-state index contributed by atoms with van der Waals surface area (Å²) in [6.45, 7) is 22.8. The Morgan fingerprint density at radius 3 is 2.48 bits per heavy atom. The van der Waals surface area contributed by atoms with Crippen LogP contribution in [0, 0.1) is 34.5 Å². The lowest BCUT2D eigenvalue weighted by Crippen LogP contribution is -2.33. The van der Waals surface area contributed by atoms with Crippen molar-refractivity contribution in [2.75, 3.05) is 0 Å². The molecule has 0 aliphatic heterocycles. The molecule has 0 aromatic rings. The van der Waals surface area contributed by atoms with Crippen LogP contribution in [0.4, 0.5) is 0 Å². The summed E-state index contributed by atoms with van der Waals surface area (Å²) < 4.78 is 0. The van der Waals surface area contributed by atoms with Gasteiger partial charge in [-0.2, -0.15) is 0 Å². The first-order valence-corrected chi connectivity index (χ1v) is 13.0. The van der Waals surface area contributed by atoms with E-state index in [2.05, 4.69) is 79.0 Å². The first kappa shape index (κ1) is 24.3. The van der Waals surface area contributed by atoms with Gasteiger partial charge in [-0.15, -0.1) is 0 Å². The van der Waals surface area contributed by atoms with E-state index in [4.69, 9.17) is 0 Å². The Morgan fingerprint density at radius 1 is 1.10 bits per heavy atom. The third kappa shape index (κ3) is 5.20. The molecule has 5 atom stereocenters. The van der Waals surface area contributed by atoms with Gasteiger partial charge in [-0.25, -0.2) is 0 Å². The molecular formula is C31H48. The van der Waals surface area contributed by atoms with Crippen molar-refractivity contribution in [1.82, 2.24) is 0 Å². The standard InChI is InChI=1S/C31H48/c1-22(2)24(5)11-9-13-28-16-17-29-27(12-10-19-31(28,29)8)15-14-26-18-20-30(7,23(3)4)21-25(26)6/h9,11,14-15,22,24,28-29H,3,6,10,12-13,16-21H2,1-2,4-5,7-8H3/b11-9+,26-14+,27-15+. The van der Waals surface area contributed by atoms with Crippen LogP contribution in [0.25, 0.3) is 0 Å². The fourth-order valence-corrected chi connectivity index (χ4v) is 6.45. The monoisotopic (exact) mass is 420 g/mol. The van der Waals surface area contributed by atoms with Gasteiger partial charge in [-0.05, 0) is 105 Å². The molecule has 3 rings (SSSR count). The molecule has 0 aromatic carbocycles. The minimum atomic E-state index is 0.240. The summed E-state index contributed by atoms with van der Waals surface area (Å²) >= 11 is 0. The first-order valence-electron chi connectivity index (χ1n) is 13.0. The van der Waals surface area contributed by atoms with Crippen molar-refractivity contribution in [3.63, 3.8) is 0 Å². The van der Waals surface area contributed by atoms with E-state index in [1.165, 1.54) is 61.7 Å². The van der Waals surface area contributed by atoms with Crippen molar-refractivity contribution in [1.29, 1.82) is 0 Å². The summed E-state index contributed by atoms with van der Waals surface area (Å²) in [6, 6.07) is 0. The van der Waals surface area contributed by atoms with Gasteiger partial charge in [-0.3, -0.25) is 0 Å². The molecule has 0 nitrogen and oxygen atoms in total. The highest BCUT2D eigenvalue weighted by Crippen LogP contribution is 2.58. The molecule has 3 aliphatic carbocycles. The van der Waals surface area contributed by atoms with Gasteiger partial charge in [0.2, 0.25) is 0 Å². The maximum Gasteiger partial charge on any atom is -0.00784 e. The summed E-state index contributed by atoms with van der Waals surface area (Å²) in [5, 5.41) is 0. The summed E-state index contributed by atoms with van der Waals surface area (Å²) in [6.07, 6.45) is 21.5. The van der Waals surface area contributed by atoms with Crippen molar-refractivity contribution in [2.24, 2.45) is 34.5 Å². The normalized spacial score (nSPS) is 37.7. The largest absolute Gasteiger partial charge is 0.0996 e. The molecule has 0 amide bonds. The molecule has 0 aromatic heterocycles. The van der Waals surface area contributed by atoms with Crippen molar-refractivity contribution >= 4 is 0 Å². The van der Waals surface area contributed by atoms with E-state index in [0.29, 0.717) is 11.3 Å². The van der Waals surface area contributed by atoms with Gasteiger partial charge < -0.3 is 0 Å². The number of allylic oxidation sites excluding steroid dienone is 8. The molecule has 0 spiro atoms. The smallest absolute Gasteiger partial charge is 0.00784 e. The van der Waals surface area contributed by atoms with E-state index < -0.39 is 0 Å². The zero-order valence-corrected chi connectivity index (χ0v) is 21.4. The number of hydrogen-bond donors (Lipinski definition) is 0. The molecule has 3 aliphatic rings. The Bertz CT molecular complexity index is 772. The van der Waals surface area contributed by atoms with Crippen LogP contribution in [-0.2, 0) is 0 Å². The second-order valence-corrected chi connectivity index (χ2v) is 12.0. The Labute approximate surface area is 193 Å². The fraction of sp³-hybridized carbons (Fsp3) is 0.677. The van der Waals surface area contributed by atoms with Gasteiger partial charge in [0, 0.05) is 0 Å². The van der Waals surface area contributed by atoms with E-state index in [-0.39, 0.29) is 5.41 Å². The second-order valence-electron chi connectivity index (χ2n) is 12.0. The second kappa shape index (κ2) is 9.68. The molecule has 172 valence electrons. The molecule has 0 N–H and O–H groups in total. The van der Waals surface area contributed by atoms with Crippen LogP contribution in [0.3, 0.4) is 0 Å². The maximum atomic E-state index is 4.44. The van der Waals surface area contributed by atoms with E-state index in [1.807, 2.05) is 0 Å². The number of hydrogen-bond acceptors (Lipinski definition) is 0. The number of rotatable bonds is 6. The SMILES string of the molecule is C=C1CC(C)(C(=C)C)CC/C1=C\C=C1/CCCC2(C)C(C/C=C/C(C)C(C)C)CCC12. The summed E-state index contributed by atoms with van der Waals surface area (Å²) in [5.74, 6) is 3.07. The van der Waals surface area contributed by atoms with Gasteiger partial charge in [0.05, 0.1) is 0 Å². The lowest BCUT2D eigenvalue weighted by molar-refractivity contribution is 0.137. The van der Waals surface area contributed by atoms with E-state index in [9.17, 15) is 0 Å². The molecule has 0 radical (unpaired) electrons. The molecule has 5 unspecified atom stereocenters. The molecule has 3 saturated carbocycles. The molecular weight excluding hydrogens is 372 g/mol. The predicted octanol–water partition coefficient (Wildman–Crippen LogP) is 9.62. The summed E-state index contributed by atoms with van der Waals surface area (Å²) in [5.41, 5.74) is 6.59. The van der Waals surface area contributed by atoms with Crippen molar-refractivity contribution in [2.45, 2.75) is 99.3 Å². The quantitative estimate of drug-likeness (QED) is 0.375. The fourth-order valence-electron chi connectivity index (χ4n) is 6.45. The van der Waals surface area contributed by atoms with Crippen molar-refractivity contribution in [3.05, 3.63) is 59.8 Å². The van der Waals surface area contributed by atoms with Gasteiger partial charge >= 0.3 is 0 Å². The average Bonchev–Trinajstić information content (AvgIpc) is 3.04. The summed E-state index contributed by atoms with van der Waals surface area (Å²) in [4.78, 5) is 0. The van der Waals surface area contributed by atoms with Crippen LogP contribution in [0.1, 0.15) is 99.3 Å². The van der Waals surface area contributed by atoms with Crippen LogP contribution in [0.15, 0.2) is 59.8 Å². The first-order chi connectivity index (χ1) is 14.6. The highest BCUT2D eigenvalue weighted by Gasteiger charge is 2.48. The average molecular weight is 421 g/mol. The van der Waals surface area contributed by atoms with Gasteiger partial charge in [0.1, 0.15) is 0 Å². The van der Waals surface area contributed by atoms with E-state index >= 15 is 0 Å². The van der Waals surface area contributed by atoms with Crippen LogP contribution < -0.4 is 0 Å². The van der Waals surface area contributed by atoms with Crippen LogP contribution in [0.5, 0.6) is 0 Å². The predicted molar refractivity (Wildman–Crippen MR) is 138 cm³/mol. The van der Waals surface area contributed by atoms with Gasteiger partial charge in [-0.1, -0.05) is 88.8 Å². The zero-order chi connectivity index (χ0) is 22.8. The summed E-state index contributed by atoms with van der Waals surface area (Å²) in [7, 11) is 0. The van der Waals surface area contributed by atoms with Crippen molar-refractivity contribution < 1.29 is 0 Å². The highest BCUT2D eigenvalue weighted by molar-refractivity contribution is 5.38. The Kier molecular flexibility index (Phi) is 7.60. The highest BCUT2D eigenvalue weighted by atomic mass is 14.5. The Balaban J connectivity index is 1.69. The molecule has 3 fully saturated rings. The third-order valence-electron chi connectivity index (χ3n) is 9.61. The van der Waals surface area contributed by atoms with E-state index in [0.717, 1.165) is 30.6 Å². The maximum absolute atomic E-state index is 4.44. The topological polar surface area (TPSA) is 0 Å². The van der Waals surface area contributed by atoms with Crippen LogP contribution in [-0.4, -0.2) is 0 Å². The minimum absolute atomic E-state index is 0.240. The molecule has 0 bridgehead atoms. The number of fused-ring (bicyclic) bond motifs is 1. The molecule has 0 heterocycles. The lowest BCUT2D eigenvalue weighted by Gasteiger charge is -2.42. The van der Waals surface area contributed by atoms with Crippen LogP contribution >= 0.6 is 0 Å². The van der Waals surface area contributed by atoms with E-state index in [1.54, 1.807) is 5.57 Å². The Hall–Kier alpha value is -1.30. The zero-order valence-electron chi connectivity index (χ0n) is 21.4. The molecule has 31 heavy (non-hydrogen) atoms. The third-order valence-corrected chi connectivity index (χ3v) is 9.61. The minimum Gasteiger partial charge on any atom is -0.0996 e. The Morgan fingerprint density at radius 2 is 1.84 bits per heavy atom. The van der Waals surface area contributed by atoms with Gasteiger partial charge in [0.15, 0.2) is 0 Å². The molecule has 0 saturated heterocycles. The molecule has 0 heteroatoms. The van der Waals surface area contributed by atoms with Crippen molar-refractivity contribution in [3.8, 4) is 0 Å².